The molecule has 1 fully saturated rings. The van der Waals surface area contributed by atoms with Crippen molar-refractivity contribution in [3.05, 3.63) is 0 Å². The number of carboxylic acids is 1. The van der Waals surface area contributed by atoms with E-state index in [1.807, 2.05) is 13.8 Å². The molecule has 0 saturated carbocycles. The number of carbonyl (C=O) groups excluding carboxylic acids is 1. The summed E-state index contributed by atoms with van der Waals surface area (Å²) in [5.41, 5.74) is 0. The predicted octanol–water partition coefficient (Wildman–Crippen LogP) is 1.39. The summed E-state index contributed by atoms with van der Waals surface area (Å²) in [5, 5.41) is 9.07. The summed E-state index contributed by atoms with van der Waals surface area (Å²) in [6.45, 7) is 4.38. The standard InChI is InChI=1S/C11H20N2O3/c1-8(2)12(3)11(16)13-7-5-4-6-9(13)10(14)15/h8-9H,4-7H2,1-3H3,(H,14,15). The van der Waals surface area contributed by atoms with Crippen LogP contribution >= 0.6 is 0 Å². The molecule has 5 nitrogen and oxygen atoms in total. The highest BCUT2D eigenvalue weighted by Gasteiger charge is 2.33. The van der Waals surface area contributed by atoms with Crippen molar-refractivity contribution < 1.29 is 14.7 Å². The lowest BCUT2D eigenvalue weighted by atomic mass is 10.0. The highest BCUT2D eigenvalue weighted by Crippen LogP contribution is 2.19. The molecule has 1 saturated heterocycles. The second-order valence-electron chi connectivity index (χ2n) is 4.53. The molecule has 5 heteroatoms. The second kappa shape index (κ2) is 5.18. The summed E-state index contributed by atoms with van der Waals surface area (Å²) in [6.07, 6.45) is 2.33. The molecule has 16 heavy (non-hydrogen) atoms. The smallest absolute Gasteiger partial charge is 0.326 e. The maximum absolute atomic E-state index is 12.0. The van der Waals surface area contributed by atoms with Gasteiger partial charge < -0.3 is 14.9 Å². The molecule has 92 valence electrons. The Morgan fingerprint density at radius 1 is 1.38 bits per heavy atom. The molecule has 1 heterocycles. The van der Waals surface area contributed by atoms with Crippen molar-refractivity contribution in [1.29, 1.82) is 0 Å². The molecule has 2 amide bonds. The van der Waals surface area contributed by atoms with Crippen LogP contribution in [0.15, 0.2) is 0 Å². The van der Waals surface area contributed by atoms with Crippen molar-refractivity contribution in [2.75, 3.05) is 13.6 Å². The van der Waals surface area contributed by atoms with E-state index in [0.717, 1.165) is 12.8 Å². The van der Waals surface area contributed by atoms with E-state index in [1.165, 1.54) is 4.90 Å². The van der Waals surface area contributed by atoms with Gasteiger partial charge in [-0.3, -0.25) is 0 Å². The predicted molar refractivity (Wildman–Crippen MR) is 60.3 cm³/mol. The van der Waals surface area contributed by atoms with Gasteiger partial charge in [-0.15, -0.1) is 0 Å². The quantitative estimate of drug-likeness (QED) is 0.776. The molecule has 1 unspecified atom stereocenters. The first-order valence-electron chi connectivity index (χ1n) is 5.71. The van der Waals surface area contributed by atoms with Crippen LogP contribution < -0.4 is 0 Å². The largest absolute Gasteiger partial charge is 0.480 e. The summed E-state index contributed by atoms with van der Waals surface area (Å²) in [6, 6.07) is -0.742. The van der Waals surface area contributed by atoms with E-state index in [9.17, 15) is 9.59 Å². The van der Waals surface area contributed by atoms with E-state index in [4.69, 9.17) is 5.11 Å². The molecule has 0 bridgehead atoms. The molecule has 0 radical (unpaired) electrons. The maximum Gasteiger partial charge on any atom is 0.326 e. The Hall–Kier alpha value is -1.26. The van der Waals surface area contributed by atoms with E-state index >= 15 is 0 Å². The lowest BCUT2D eigenvalue weighted by molar-refractivity contribution is -0.143. The molecule has 1 N–H and O–H groups in total. The van der Waals surface area contributed by atoms with Gasteiger partial charge in [0.2, 0.25) is 0 Å². The Morgan fingerprint density at radius 3 is 2.50 bits per heavy atom. The lowest BCUT2D eigenvalue weighted by Gasteiger charge is -2.36. The Bertz CT molecular complexity index is 278. The van der Waals surface area contributed by atoms with Crippen molar-refractivity contribution in [2.45, 2.75) is 45.2 Å². The third kappa shape index (κ3) is 2.65. The van der Waals surface area contributed by atoms with Crippen LogP contribution in [0, 0.1) is 0 Å². The maximum atomic E-state index is 12.0. The van der Waals surface area contributed by atoms with Crippen molar-refractivity contribution >= 4 is 12.0 Å². The van der Waals surface area contributed by atoms with Crippen molar-refractivity contribution in [3.63, 3.8) is 0 Å². The van der Waals surface area contributed by atoms with Gasteiger partial charge in [0.15, 0.2) is 0 Å². The molecule has 0 spiro atoms. The first kappa shape index (κ1) is 12.8. The summed E-state index contributed by atoms with van der Waals surface area (Å²) < 4.78 is 0. The van der Waals surface area contributed by atoms with E-state index in [0.29, 0.717) is 13.0 Å². The fourth-order valence-corrected chi connectivity index (χ4v) is 1.84. The number of aliphatic carboxylic acids is 1. The molecule has 0 aromatic heterocycles. The Morgan fingerprint density at radius 2 is 2.00 bits per heavy atom. The zero-order valence-electron chi connectivity index (χ0n) is 10.1. The number of amides is 2. The molecule has 0 aromatic rings. The fourth-order valence-electron chi connectivity index (χ4n) is 1.84. The molecule has 0 aromatic carbocycles. The van der Waals surface area contributed by atoms with Crippen LogP contribution in [0.25, 0.3) is 0 Å². The summed E-state index contributed by atoms with van der Waals surface area (Å²) >= 11 is 0. The first-order chi connectivity index (χ1) is 7.45. The Labute approximate surface area is 96.0 Å². The minimum Gasteiger partial charge on any atom is -0.480 e. The number of hydrogen-bond donors (Lipinski definition) is 1. The molecule has 1 aliphatic rings. The van der Waals surface area contributed by atoms with Gasteiger partial charge in [0.25, 0.3) is 0 Å². The topological polar surface area (TPSA) is 60.9 Å². The monoisotopic (exact) mass is 228 g/mol. The number of nitrogens with zero attached hydrogens (tertiary/aromatic N) is 2. The van der Waals surface area contributed by atoms with Crippen LogP contribution in [0.4, 0.5) is 4.79 Å². The molecule has 1 aliphatic heterocycles. The number of piperidine rings is 1. The number of likely N-dealkylation sites (tertiary alicyclic amines) is 1. The number of hydrogen-bond acceptors (Lipinski definition) is 2. The minimum atomic E-state index is -0.898. The first-order valence-corrected chi connectivity index (χ1v) is 5.71. The zero-order chi connectivity index (χ0) is 12.3. The van der Waals surface area contributed by atoms with Crippen LogP contribution in [-0.4, -0.2) is 52.6 Å². The van der Waals surface area contributed by atoms with Gasteiger partial charge in [-0.2, -0.15) is 0 Å². The van der Waals surface area contributed by atoms with E-state index < -0.39 is 12.0 Å². The van der Waals surface area contributed by atoms with E-state index in [2.05, 4.69) is 0 Å². The number of rotatable bonds is 2. The fraction of sp³-hybridized carbons (Fsp3) is 0.818. The second-order valence-corrected chi connectivity index (χ2v) is 4.53. The SMILES string of the molecule is CC(C)N(C)C(=O)N1CCCCC1C(=O)O. The Balaban J connectivity index is 2.75. The average molecular weight is 228 g/mol. The molecule has 0 aliphatic carbocycles. The van der Waals surface area contributed by atoms with Gasteiger partial charge in [-0.25, -0.2) is 9.59 Å². The molecule has 1 rings (SSSR count). The number of carboxylic acid groups (broad SMARTS) is 1. The highest BCUT2D eigenvalue weighted by atomic mass is 16.4. The molecular weight excluding hydrogens is 208 g/mol. The minimum absolute atomic E-state index is 0.0869. The third-order valence-corrected chi connectivity index (χ3v) is 3.11. The Kier molecular flexibility index (Phi) is 4.15. The summed E-state index contributed by atoms with van der Waals surface area (Å²) in [7, 11) is 1.71. The third-order valence-electron chi connectivity index (χ3n) is 3.11. The van der Waals surface area contributed by atoms with Gasteiger partial charge in [-0.1, -0.05) is 0 Å². The zero-order valence-corrected chi connectivity index (χ0v) is 10.1. The van der Waals surface area contributed by atoms with E-state index in [1.54, 1.807) is 11.9 Å². The number of urea groups is 1. The van der Waals surface area contributed by atoms with Crippen LogP contribution in [-0.2, 0) is 4.79 Å². The van der Waals surface area contributed by atoms with Crippen molar-refractivity contribution in [2.24, 2.45) is 0 Å². The van der Waals surface area contributed by atoms with Crippen LogP contribution in [0.5, 0.6) is 0 Å². The lowest BCUT2D eigenvalue weighted by Crippen LogP contribution is -2.53. The number of carbonyl (C=O) groups is 2. The summed E-state index contributed by atoms with van der Waals surface area (Å²) in [5.74, 6) is -0.898. The normalized spacial score (nSPS) is 21.0. The molecule has 1 atom stereocenters. The highest BCUT2D eigenvalue weighted by molar-refractivity contribution is 5.82. The van der Waals surface area contributed by atoms with Crippen LogP contribution in [0.3, 0.4) is 0 Å². The van der Waals surface area contributed by atoms with Gasteiger partial charge in [0.1, 0.15) is 6.04 Å². The van der Waals surface area contributed by atoms with Crippen molar-refractivity contribution in [1.82, 2.24) is 9.80 Å². The van der Waals surface area contributed by atoms with Gasteiger partial charge in [0.05, 0.1) is 0 Å². The summed E-state index contributed by atoms with van der Waals surface area (Å²) in [4.78, 5) is 26.2. The molecular formula is C11H20N2O3. The van der Waals surface area contributed by atoms with E-state index in [-0.39, 0.29) is 12.1 Å². The van der Waals surface area contributed by atoms with Crippen LogP contribution in [0.1, 0.15) is 33.1 Å². The van der Waals surface area contributed by atoms with Gasteiger partial charge >= 0.3 is 12.0 Å². The van der Waals surface area contributed by atoms with Gasteiger partial charge in [0, 0.05) is 19.6 Å². The van der Waals surface area contributed by atoms with Gasteiger partial charge in [-0.05, 0) is 33.1 Å². The average Bonchev–Trinajstić information content (AvgIpc) is 2.26. The van der Waals surface area contributed by atoms with Crippen molar-refractivity contribution in [3.8, 4) is 0 Å². The van der Waals surface area contributed by atoms with Crippen LogP contribution in [0.2, 0.25) is 0 Å².